The zero-order chi connectivity index (χ0) is 16.5. The van der Waals surface area contributed by atoms with Crippen molar-refractivity contribution in [1.82, 2.24) is 0 Å². The quantitative estimate of drug-likeness (QED) is 0.892. The summed E-state index contributed by atoms with van der Waals surface area (Å²) in [5.41, 5.74) is -0.678. The van der Waals surface area contributed by atoms with Gasteiger partial charge in [-0.3, -0.25) is 4.72 Å². The van der Waals surface area contributed by atoms with Crippen LogP contribution in [0.3, 0.4) is 0 Å². The lowest BCUT2D eigenvalue weighted by molar-refractivity contribution is 0.0693. The van der Waals surface area contributed by atoms with Gasteiger partial charge in [-0.25, -0.2) is 17.6 Å². The molecule has 0 aliphatic carbocycles. The van der Waals surface area contributed by atoms with Gasteiger partial charge < -0.3 is 5.11 Å². The highest BCUT2D eigenvalue weighted by atomic mass is 35.5. The highest BCUT2D eigenvalue weighted by molar-refractivity contribution is 7.92. The predicted molar refractivity (Wildman–Crippen MR) is 80.4 cm³/mol. The number of carboxylic acid groups (broad SMARTS) is 1. The van der Waals surface area contributed by atoms with Crippen LogP contribution in [0.15, 0.2) is 41.3 Å². The fourth-order valence-corrected chi connectivity index (χ4v) is 3.47. The molecule has 0 bridgehead atoms. The highest BCUT2D eigenvalue weighted by Crippen LogP contribution is 2.25. The average molecular weight is 344 g/mol. The number of rotatable bonds is 4. The second-order valence-electron chi connectivity index (χ2n) is 4.48. The summed E-state index contributed by atoms with van der Waals surface area (Å²) in [6.45, 7) is 1.56. The number of nitrogens with one attached hydrogen (secondary N) is 1. The first-order valence-corrected chi connectivity index (χ1v) is 7.89. The van der Waals surface area contributed by atoms with E-state index in [0.29, 0.717) is 5.56 Å². The third-order valence-electron chi connectivity index (χ3n) is 2.91. The molecule has 5 nitrogen and oxygen atoms in total. The second-order valence-corrected chi connectivity index (χ2v) is 6.57. The Bertz CT molecular complexity index is 852. The molecular weight excluding hydrogens is 333 g/mol. The van der Waals surface area contributed by atoms with Gasteiger partial charge in [0, 0.05) is 5.02 Å². The third-order valence-corrected chi connectivity index (χ3v) is 4.65. The number of benzene rings is 2. The molecule has 0 aromatic heterocycles. The molecule has 0 atom stereocenters. The molecule has 22 heavy (non-hydrogen) atoms. The Balaban J connectivity index is 2.53. The first kappa shape index (κ1) is 16.3. The summed E-state index contributed by atoms with van der Waals surface area (Å²) in [7, 11) is -4.10. The van der Waals surface area contributed by atoms with Crippen molar-refractivity contribution in [3.63, 3.8) is 0 Å². The number of anilines is 1. The van der Waals surface area contributed by atoms with Crippen LogP contribution in [0.5, 0.6) is 0 Å². The van der Waals surface area contributed by atoms with E-state index in [1.807, 2.05) is 0 Å². The van der Waals surface area contributed by atoms with Gasteiger partial charge >= 0.3 is 5.97 Å². The maximum atomic E-state index is 13.6. The first-order valence-electron chi connectivity index (χ1n) is 6.03. The number of sulfonamides is 1. The summed E-state index contributed by atoms with van der Waals surface area (Å²) in [6, 6.07) is 7.60. The molecule has 0 aliphatic heterocycles. The largest absolute Gasteiger partial charge is 0.478 e. The number of hydrogen-bond donors (Lipinski definition) is 2. The van der Waals surface area contributed by atoms with Gasteiger partial charge in [0.2, 0.25) is 0 Å². The van der Waals surface area contributed by atoms with Gasteiger partial charge in [-0.1, -0.05) is 23.7 Å². The van der Waals surface area contributed by atoms with Crippen LogP contribution in [0, 0.1) is 12.7 Å². The lowest BCUT2D eigenvalue weighted by Crippen LogP contribution is -2.17. The van der Waals surface area contributed by atoms with Gasteiger partial charge in [0.05, 0.1) is 10.6 Å². The van der Waals surface area contributed by atoms with E-state index in [4.69, 9.17) is 16.7 Å². The van der Waals surface area contributed by atoms with Gasteiger partial charge in [-0.05, 0) is 36.8 Å². The van der Waals surface area contributed by atoms with Crippen molar-refractivity contribution in [2.24, 2.45) is 0 Å². The molecule has 0 fully saturated rings. The Labute approximate surface area is 131 Å². The summed E-state index contributed by atoms with van der Waals surface area (Å²) in [4.78, 5) is 11.0. The maximum absolute atomic E-state index is 13.6. The molecule has 0 unspecified atom stereocenters. The van der Waals surface area contributed by atoms with E-state index in [0.717, 1.165) is 6.07 Å². The summed E-state index contributed by atoms with van der Waals surface area (Å²) in [5, 5.41) is 9.23. The van der Waals surface area contributed by atoms with Crippen LogP contribution in [-0.4, -0.2) is 19.5 Å². The predicted octanol–water partition coefficient (Wildman–Crippen LogP) is 3.29. The maximum Gasteiger partial charge on any atom is 0.340 e. The molecule has 8 heteroatoms. The Morgan fingerprint density at radius 1 is 1.27 bits per heavy atom. The number of halogens is 2. The second kappa shape index (κ2) is 5.94. The molecule has 2 rings (SSSR count). The topological polar surface area (TPSA) is 83.5 Å². The van der Waals surface area contributed by atoms with Gasteiger partial charge in [-0.2, -0.15) is 0 Å². The van der Waals surface area contributed by atoms with Crippen molar-refractivity contribution in [1.29, 1.82) is 0 Å². The lowest BCUT2D eigenvalue weighted by Gasteiger charge is -2.13. The molecule has 0 saturated carbocycles. The Hall–Kier alpha value is -2.12. The zero-order valence-electron chi connectivity index (χ0n) is 11.3. The van der Waals surface area contributed by atoms with Crippen molar-refractivity contribution in [2.45, 2.75) is 11.8 Å². The zero-order valence-corrected chi connectivity index (χ0v) is 12.9. The minimum absolute atomic E-state index is 0.111. The fourth-order valence-electron chi connectivity index (χ4n) is 1.89. The van der Waals surface area contributed by atoms with Crippen molar-refractivity contribution in [3.05, 3.63) is 58.4 Å². The molecular formula is C14H11ClFNO4S. The van der Waals surface area contributed by atoms with E-state index >= 15 is 0 Å². The van der Waals surface area contributed by atoms with Gasteiger partial charge in [-0.15, -0.1) is 0 Å². The van der Waals surface area contributed by atoms with Gasteiger partial charge in [0.15, 0.2) is 0 Å². The number of carboxylic acids is 1. The molecule has 0 spiro atoms. The van der Waals surface area contributed by atoms with Crippen LogP contribution in [0.25, 0.3) is 0 Å². The Morgan fingerprint density at radius 2 is 1.95 bits per heavy atom. The Kier molecular flexibility index (Phi) is 4.39. The molecule has 0 amide bonds. The van der Waals surface area contributed by atoms with E-state index in [-0.39, 0.29) is 15.6 Å². The summed E-state index contributed by atoms with van der Waals surface area (Å²) in [5.74, 6) is -2.60. The monoisotopic (exact) mass is 343 g/mol. The SMILES string of the molecule is Cc1ccc(Cl)cc1S(=O)(=O)Nc1cccc(F)c1C(=O)O. The molecule has 2 aromatic rings. The van der Waals surface area contributed by atoms with Crippen LogP contribution in [0.4, 0.5) is 10.1 Å². The van der Waals surface area contributed by atoms with Crippen molar-refractivity contribution in [2.75, 3.05) is 4.72 Å². The smallest absolute Gasteiger partial charge is 0.340 e. The number of hydrogen-bond acceptors (Lipinski definition) is 3. The number of aromatic carboxylic acids is 1. The molecule has 0 heterocycles. The van der Waals surface area contributed by atoms with Crippen LogP contribution < -0.4 is 4.72 Å². The summed E-state index contributed by atoms with van der Waals surface area (Å²) < 4.78 is 40.4. The third kappa shape index (κ3) is 3.20. The molecule has 0 saturated heterocycles. The summed E-state index contributed by atoms with van der Waals surface area (Å²) in [6.07, 6.45) is 0. The van der Waals surface area contributed by atoms with Crippen LogP contribution in [-0.2, 0) is 10.0 Å². The molecule has 2 aromatic carbocycles. The van der Waals surface area contributed by atoms with Crippen LogP contribution in [0.1, 0.15) is 15.9 Å². The van der Waals surface area contributed by atoms with Crippen molar-refractivity contribution >= 4 is 33.3 Å². The van der Waals surface area contributed by atoms with E-state index in [1.165, 1.54) is 30.3 Å². The standard InChI is InChI=1S/C14H11ClFNO4S/c1-8-5-6-9(15)7-12(8)22(20,21)17-11-4-2-3-10(16)13(11)14(18)19/h2-7,17H,1H3,(H,18,19). The molecule has 0 radical (unpaired) electrons. The lowest BCUT2D eigenvalue weighted by atomic mass is 10.2. The van der Waals surface area contributed by atoms with Gasteiger partial charge in [0.25, 0.3) is 10.0 Å². The minimum Gasteiger partial charge on any atom is -0.478 e. The van der Waals surface area contributed by atoms with Gasteiger partial charge in [0.1, 0.15) is 11.4 Å². The average Bonchev–Trinajstić information content (AvgIpc) is 2.40. The van der Waals surface area contributed by atoms with Crippen LogP contribution in [0.2, 0.25) is 5.02 Å². The minimum atomic E-state index is -4.10. The van der Waals surface area contributed by atoms with Crippen LogP contribution >= 0.6 is 11.6 Å². The first-order chi connectivity index (χ1) is 10.2. The van der Waals surface area contributed by atoms with E-state index in [1.54, 1.807) is 6.92 Å². The fraction of sp³-hybridized carbons (Fsp3) is 0.0714. The molecule has 116 valence electrons. The van der Waals surface area contributed by atoms with Crippen molar-refractivity contribution < 1.29 is 22.7 Å². The van der Waals surface area contributed by atoms with E-state index < -0.39 is 27.4 Å². The van der Waals surface area contributed by atoms with E-state index in [9.17, 15) is 17.6 Å². The number of aryl methyl sites for hydroxylation is 1. The van der Waals surface area contributed by atoms with E-state index in [2.05, 4.69) is 4.72 Å². The number of carbonyl (C=O) groups is 1. The normalized spacial score (nSPS) is 11.2. The van der Waals surface area contributed by atoms with Crippen molar-refractivity contribution in [3.8, 4) is 0 Å². The Morgan fingerprint density at radius 3 is 2.59 bits per heavy atom. The highest BCUT2D eigenvalue weighted by Gasteiger charge is 2.22. The molecule has 0 aliphatic rings. The molecule has 2 N–H and O–H groups in total. The summed E-state index contributed by atoms with van der Waals surface area (Å²) >= 11 is 5.79.